The minimum atomic E-state index is -4.61. The molecule has 2 atom stereocenters. The average Bonchev–Trinajstić information content (AvgIpc) is 2.95. The number of hydrogen-bond acceptors (Lipinski definition) is 3. The first kappa shape index (κ1) is 18.5. The van der Waals surface area contributed by atoms with Crippen molar-refractivity contribution in [3.63, 3.8) is 0 Å². The Hall–Kier alpha value is -2.25. The van der Waals surface area contributed by atoms with Crippen molar-refractivity contribution >= 4 is 12.0 Å². The molecule has 3 rings (SSSR count). The maximum atomic E-state index is 13.4. The maximum absolute atomic E-state index is 13.4. The van der Waals surface area contributed by atoms with E-state index in [0.29, 0.717) is 5.56 Å². The SMILES string of the molecule is CN1C(=O)c2c(cccc2C(F)(F)F)[C@H]2CN(C(=O)OC(C)(C)C)C[C@H]21. The lowest BCUT2D eigenvalue weighted by Crippen LogP contribution is -2.46. The lowest BCUT2D eigenvalue weighted by Gasteiger charge is -2.36. The van der Waals surface area contributed by atoms with Gasteiger partial charge in [0.2, 0.25) is 0 Å². The summed E-state index contributed by atoms with van der Waals surface area (Å²) in [6, 6.07) is 3.41. The third-order valence-corrected chi connectivity index (χ3v) is 4.77. The lowest BCUT2D eigenvalue weighted by atomic mass is 9.83. The minimum Gasteiger partial charge on any atom is -0.444 e. The van der Waals surface area contributed by atoms with Crippen molar-refractivity contribution in [3.8, 4) is 0 Å². The first-order chi connectivity index (χ1) is 11.9. The van der Waals surface area contributed by atoms with Crippen LogP contribution in [0.1, 0.15) is 48.2 Å². The summed E-state index contributed by atoms with van der Waals surface area (Å²) in [6.07, 6.45) is -5.14. The molecule has 1 saturated heterocycles. The molecular formula is C18H21F3N2O3. The van der Waals surface area contributed by atoms with Crippen molar-refractivity contribution < 1.29 is 27.5 Å². The molecule has 2 aliphatic rings. The summed E-state index contributed by atoms with van der Waals surface area (Å²) < 4.78 is 45.4. The summed E-state index contributed by atoms with van der Waals surface area (Å²) in [5.74, 6) is -1.04. The fourth-order valence-electron chi connectivity index (χ4n) is 3.64. The monoisotopic (exact) mass is 370 g/mol. The molecule has 0 spiro atoms. The second-order valence-corrected chi connectivity index (χ2v) is 7.74. The summed E-state index contributed by atoms with van der Waals surface area (Å²) in [6.45, 7) is 5.68. The van der Waals surface area contributed by atoms with Crippen LogP contribution < -0.4 is 0 Å². The molecule has 0 radical (unpaired) electrons. The number of rotatable bonds is 0. The van der Waals surface area contributed by atoms with E-state index in [9.17, 15) is 22.8 Å². The zero-order chi connectivity index (χ0) is 19.4. The number of nitrogens with zero attached hydrogens (tertiary/aromatic N) is 2. The van der Waals surface area contributed by atoms with Gasteiger partial charge in [-0.25, -0.2) is 4.79 Å². The van der Waals surface area contributed by atoms with Crippen molar-refractivity contribution in [2.24, 2.45) is 0 Å². The molecule has 26 heavy (non-hydrogen) atoms. The van der Waals surface area contributed by atoms with Gasteiger partial charge in [-0.15, -0.1) is 0 Å². The molecule has 1 aromatic carbocycles. The number of benzene rings is 1. The number of carbonyl (C=O) groups excluding carboxylic acids is 2. The molecule has 1 aromatic rings. The predicted molar refractivity (Wildman–Crippen MR) is 87.9 cm³/mol. The highest BCUT2D eigenvalue weighted by Gasteiger charge is 2.49. The number of ether oxygens (including phenoxy) is 1. The Bertz CT molecular complexity index is 755. The highest BCUT2D eigenvalue weighted by atomic mass is 19.4. The highest BCUT2D eigenvalue weighted by molar-refractivity contribution is 5.99. The van der Waals surface area contributed by atoms with Gasteiger partial charge in [0.1, 0.15) is 5.60 Å². The van der Waals surface area contributed by atoms with E-state index in [1.807, 2.05) is 0 Å². The van der Waals surface area contributed by atoms with Crippen molar-refractivity contribution in [1.82, 2.24) is 9.80 Å². The van der Waals surface area contributed by atoms with E-state index < -0.39 is 29.3 Å². The van der Waals surface area contributed by atoms with Crippen molar-refractivity contribution in [1.29, 1.82) is 0 Å². The third-order valence-electron chi connectivity index (χ3n) is 4.77. The Morgan fingerprint density at radius 3 is 2.42 bits per heavy atom. The van der Waals surface area contributed by atoms with Crippen LogP contribution in [0.4, 0.5) is 18.0 Å². The smallest absolute Gasteiger partial charge is 0.417 e. The van der Waals surface area contributed by atoms with Crippen LogP contribution in [0, 0.1) is 0 Å². The number of likely N-dealkylation sites (N-methyl/N-ethyl adjacent to an activating group) is 1. The second kappa shape index (κ2) is 5.89. The summed E-state index contributed by atoms with van der Waals surface area (Å²) in [5.41, 5.74) is -1.57. The number of amides is 2. The molecule has 2 aliphatic heterocycles. The van der Waals surface area contributed by atoms with E-state index >= 15 is 0 Å². The number of fused-ring (bicyclic) bond motifs is 3. The van der Waals surface area contributed by atoms with Crippen LogP contribution in [-0.4, -0.2) is 53.6 Å². The summed E-state index contributed by atoms with van der Waals surface area (Å²) in [5, 5.41) is 0. The van der Waals surface area contributed by atoms with Crippen LogP contribution in [0.25, 0.3) is 0 Å². The molecule has 0 N–H and O–H groups in total. The van der Waals surface area contributed by atoms with Gasteiger partial charge in [0.15, 0.2) is 0 Å². The van der Waals surface area contributed by atoms with Crippen molar-refractivity contribution in [3.05, 3.63) is 34.9 Å². The first-order valence-electron chi connectivity index (χ1n) is 8.35. The van der Waals surface area contributed by atoms with Gasteiger partial charge in [0.25, 0.3) is 5.91 Å². The summed E-state index contributed by atoms with van der Waals surface area (Å²) >= 11 is 0. The standard InChI is InChI=1S/C18H21F3N2O3/c1-17(2,3)26-16(25)23-8-11-10-6-5-7-12(18(19,20)21)14(10)15(24)22(4)13(11)9-23/h5-7,11,13H,8-9H2,1-4H3/t11-,13-/m1/s1. The Morgan fingerprint density at radius 2 is 1.85 bits per heavy atom. The molecule has 8 heteroatoms. The normalized spacial score (nSPS) is 23.0. The maximum Gasteiger partial charge on any atom is 0.417 e. The Labute approximate surface area is 149 Å². The molecule has 5 nitrogen and oxygen atoms in total. The van der Waals surface area contributed by atoms with Gasteiger partial charge in [-0.2, -0.15) is 13.2 Å². The topological polar surface area (TPSA) is 49.9 Å². The van der Waals surface area contributed by atoms with E-state index in [1.165, 1.54) is 22.9 Å². The Morgan fingerprint density at radius 1 is 1.19 bits per heavy atom. The molecule has 0 aliphatic carbocycles. The minimum absolute atomic E-state index is 0.214. The van der Waals surface area contributed by atoms with Crippen LogP contribution in [0.2, 0.25) is 0 Å². The average molecular weight is 370 g/mol. The molecule has 0 aromatic heterocycles. The van der Waals surface area contributed by atoms with Gasteiger partial charge in [0.05, 0.1) is 17.2 Å². The van der Waals surface area contributed by atoms with E-state index in [1.54, 1.807) is 26.8 Å². The molecule has 142 valence electrons. The number of carbonyl (C=O) groups is 2. The summed E-state index contributed by atoms with van der Waals surface area (Å²) in [4.78, 5) is 27.7. The molecule has 2 amide bonds. The zero-order valence-corrected chi connectivity index (χ0v) is 15.1. The van der Waals surface area contributed by atoms with Gasteiger partial charge in [-0.05, 0) is 32.4 Å². The predicted octanol–water partition coefficient (Wildman–Crippen LogP) is 3.49. The van der Waals surface area contributed by atoms with Gasteiger partial charge in [-0.1, -0.05) is 12.1 Å². The number of hydrogen-bond donors (Lipinski definition) is 0. The second-order valence-electron chi connectivity index (χ2n) is 7.74. The van der Waals surface area contributed by atoms with E-state index in [4.69, 9.17) is 4.74 Å². The van der Waals surface area contributed by atoms with Crippen molar-refractivity contribution in [2.75, 3.05) is 20.1 Å². The molecule has 2 heterocycles. The summed E-state index contributed by atoms with van der Waals surface area (Å²) in [7, 11) is 1.48. The molecule has 0 saturated carbocycles. The van der Waals surface area contributed by atoms with E-state index in [0.717, 1.165) is 6.07 Å². The Kier molecular flexibility index (Phi) is 4.20. The van der Waals surface area contributed by atoms with Crippen LogP contribution >= 0.6 is 0 Å². The van der Waals surface area contributed by atoms with Gasteiger partial charge < -0.3 is 14.5 Å². The molecule has 1 fully saturated rings. The third kappa shape index (κ3) is 3.12. The number of alkyl halides is 3. The molecular weight excluding hydrogens is 349 g/mol. The van der Waals surface area contributed by atoms with Crippen LogP contribution in [-0.2, 0) is 10.9 Å². The lowest BCUT2D eigenvalue weighted by molar-refractivity contribution is -0.138. The first-order valence-corrected chi connectivity index (χ1v) is 8.35. The fraction of sp³-hybridized carbons (Fsp3) is 0.556. The van der Waals surface area contributed by atoms with Crippen LogP contribution in [0.5, 0.6) is 0 Å². The van der Waals surface area contributed by atoms with Gasteiger partial charge in [0, 0.05) is 26.1 Å². The largest absolute Gasteiger partial charge is 0.444 e. The van der Waals surface area contributed by atoms with Crippen LogP contribution in [0.3, 0.4) is 0 Å². The van der Waals surface area contributed by atoms with E-state index in [2.05, 4.69) is 0 Å². The van der Waals surface area contributed by atoms with Crippen LogP contribution in [0.15, 0.2) is 18.2 Å². The number of halogens is 3. The Balaban J connectivity index is 1.98. The van der Waals surface area contributed by atoms with Crippen molar-refractivity contribution in [2.45, 2.75) is 44.5 Å². The molecule has 0 unspecified atom stereocenters. The highest BCUT2D eigenvalue weighted by Crippen LogP contribution is 2.43. The zero-order valence-electron chi connectivity index (χ0n) is 15.1. The quantitative estimate of drug-likeness (QED) is 0.702. The van der Waals surface area contributed by atoms with E-state index in [-0.39, 0.29) is 30.6 Å². The molecule has 0 bridgehead atoms. The van der Waals surface area contributed by atoms with Gasteiger partial charge in [-0.3, -0.25) is 4.79 Å². The fourth-order valence-corrected chi connectivity index (χ4v) is 3.64. The number of likely N-dealkylation sites (tertiary alicyclic amines) is 1. The van der Waals surface area contributed by atoms with Gasteiger partial charge >= 0.3 is 12.3 Å².